The molecule has 0 aliphatic carbocycles. The van der Waals surface area contributed by atoms with Crippen molar-refractivity contribution in [2.24, 2.45) is 0 Å². The summed E-state index contributed by atoms with van der Waals surface area (Å²) in [7, 11) is 1.96. The van der Waals surface area contributed by atoms with Gasteiger partial charge in [0.15, 0.2) is 0 Å². The van der Waals surface area contributed by atoms with Crippen LogP contribution in [-0.4, -0.2) is 54.6 Å². The van der Waals surface area contributed by atoms with Crippen LogP contribution < -0.4 is 9.80 Å². The predicted molar refractivity (Wildman–Crippen MR) is 119 cm³/mol. The number of rotatable bonds is 6. The third-order valence-corrected chi connectivity index (χ3v) is 5.99. The lowest BCUT2D eigenvalue weighted by Crippen LogP contribution is -2.40. The number of anilines is 2. The van der Waals surface area contributed by atoms with Gasteiger partial charge in [-0.05, 0) is 57.0 Å². The fourth-order valence-corrected chi connectivity index (χ4v) is 4.45. The van der Waals surface area contributed by atoms with E-state index in [2.05, 4.69) is 29.2 Å². The molecule has 3 amide bonds. The van der Waals surface area contributed by atoms with Gasteiger partial charge in [-0.1, -0.05) is 36.4 Å². The second-order valence-corrected chi connectivity index (χ2v) is 8.26. The van der Waals surface area contributed by atoms with Gasteiger partial charge in [0.2, 0.25) is 0 Å². The molecule has 0 spiro atoms. The molecule has 158 valence electrons. The quantitative estimate of drug-likeness (QED) is 0.682. The van der Waals surface area contributed by atoms with E-state index in [9.17, 15) is 9.59 Å². The smallest absolute Gasteiger partial charge is 0.333 e. The average Bonchev–Trinajstić information content (AvgIpc) is 2.98. The van der Waals surface area contributed by atoms with E-state index >= 15 is 0 Å². The van der Waals surface area contributed by atoms with E-state index in [1.807, 2.05) is 42.3 Å². The molecule has 1 atom stereocenters. The van der Waals surface area contributed by atoms with Gasteiger partial charge in [0.1, 0.15) is 6.04 Å². The summed E-state index contributed by atoms with van der Waals surface area (Å²) in [5, 5.41) is 0. The Kier molecular flexibility index (Phi) is 6.04. The number of para-hydroxylation sites is 2. The highest BCUT2D eigenvalue weighted by atomic mass is 16.2. The number of nitrogens with zero attached hydrogens (tertiary/aromatic N) is 4. The topological polar surface area (TPSA) is 47.1 Å². The molecule has 2 aliphatic rings. The Morgan fingerprint density at radius 2 is 1.60 bits per heavy atom. The largest absolute Gasteiger partial charge is 0.371 e. The fourth-order valence-electron chi connectivity index (χ4n) is 4.45. The summed E-state index contributed by atoms with van der Waals surface area (Å²) in [5.74, 6) is -0.153. The molecule has 2 aromatic rings. The Labute approximate surface area is 178 Å². The highest BCUT2D eigenvalue weighted by Gasteiger charge is 2.43. The molecule has 2 aliphatic heterocycles. The third-order valence-electron chi connectivity index (χ3n) is 5.99. The van der Waals surface area contributed by atoms with E-state index < -0.39 is 6.04 Å². The van der Waals surface area contributed by atoms with Crippen LogP contribution in [0.15, 0.2) is 54.6 Å². The Balaban J connectivity index is 1.46. The average molecular weight is 407 g/mol. The van der Waals surface area contributed by atoms with Gasteiger partial charge in [-0.15, -0.1) is 0 Å². The number of carbonyl (C=O) groups is 2. The number of hydrogen-bond donors (Lipinski definition) is 0. The van der Waals surface area contributed by atoms with Crippen LogP contribution in [0.4, 0.5) is 16.2 Å². The lowest BCUT2D eigenvalue weighted by atomic mass is 10.1. The van der Waals surface area contributed by atoms with Gasteiger partial charge in [0, 0.05) is 31.0 Å². The SMILES string of the molecule is C[C@@H]1C(=O)N(CN(C)Cc2ccccc2N2CCCCC2)C(=O)N1c1ccccc1. The first-order valence-electron chi connectivity index (χ1n) is 10.8. The first-order chi connectivity index (χ1) is 14.6. The lowest BCUT2D eigenvalue weighted by Gasteiger charge is -2.32. The minimum Gasteiger partial charge on any atom is -0.371 e. The van der Waals surface area contributed by atoms with Gasteiger partial charge in [-0.25, -0.2) is 9.69 Å². The summed E-state index contributed by atoms with van der Waals surface area (Å²) in [4.78, 5) is 33.3. The molecule has 0 unspecified atom stereocenters. The van der Waals surface area contributed by atoms with Gasteiger partial charge in [-0.2, -0.15) is 0 Å². The summed E-state index contributed by atoms with van der Waals surface area (Å²) in [6.07, 6.45) is 3.76. The van der Waals surface area contributed by atoms with Crippen LogP contribution in [0.25, 0.3) is 0 Å². The van der Waals surface area contributed by atoms with Crippen molar-refractivity contribution < 1.29 is 9.59 Å². The normalized spacial score (nSPS) is 19.8. The van der Waals surface area contributed by atoms with E-state index in [0.717, 1.165) is 18.8 Å². The van der Waals surface area contributed by atoms with Crippen LogP contribution in [0.2, 0.25) is 0 Å². The molecule has 2 saturated heterocycles. The highest BCUT2D eigenvalue weighted by Crippen LogP contribution is 2.27. The van der Waals surface area contributed by atoms with Crippen molar-refractivity contribution in [3.05, 3.63) is 60.2 Å². The van der Waals surface area contributed by atoms with Crippen LogP contribution in [0.5, 0.6) is 0 Å². The van der Waals surface area contributed by atoms with Gasteiger partial charge in [-0.3, -0.25) is 14.6 Å². The second kappa shape index (κ2) is 8.88. The van der Waals surface area contributed by atoms with Gasteiger partial charge >= 0.3 is 6.03 Å². The number of amides is 3. The Morgan fingerprint density at radius 3 is 2.33 bits per heavy atom. The maximum Gasteiger partial charge on any atom is 0.333 e. The molecule has 4 rings (SSSR count). The van der Waals surface area contributed by atoms with Crippen molar-refractivity contribution in [3.63, 3.8) is 0 Å². The highest BCUT2D eigenvalue weighted by molar-refractivity contribution is 6.14. The van der Waals surface area contributed by atoms with E-state index in [1.165, 1.54) is 35.4 Å². The number of piperidine rings is 1. The molecule has 0 N–H and O–H groups in total. The third kappa shape index (κ3) is 4.05. The van der Waals surface area contributed by atoms with Crippen LogP contribution >= 0.6 is 0 Å². The standard InChI is InChI=1S/C24H30N4O2/c1-19-23(29)27(24(30)28(19)21-12-5-3-6-13-21)18-25(2)17-20-11-7-8-14-22(20)26-15-9-4-10-16-26/h3,5-8,11-14,19H,4,9-10,15-18H2,1-2H3/t19-/m1/s1. The van der Waals surface area contributed by atoms with Gasteiger partial charge in [0.25, 0.3) is 5.91 Å². The molecule has 2 heterocycles. The molecule has 0 saturated carbocycles. The van der Waals surface area contributed by atoms with Crippen molar-refractivity contribution in [1.82, 2.24) is 9.80 Å². The predicted octanol–water partition coefficient (Wildman–Crippen LogP) is 3.92. The van der Waals surface area contributed by atoms with Gasteiger partial charge < -0.3 is 4.90 Å². The molecule has 30 heavy (non-hydrogen) atoms. The van der Waals surface area contributed by atoms with E-state index in [1.54, 1.807) is 11.8 Å². The summed E-state index contributed by atoms with van der Waals surface area (Å²) in [5.41, 5.74) is 3.25. The molecule has 0 aromatic heterocycles. The first-order valence-corrected chi connectivity index (χ1v) is 10.8. The van der Waals surface area contributed by atoms with Crippen molar-refractivity contribution in [1.29, 1.82) is 0 Å². The maximum absolute atomic E-state index is 13.0. The zero-order chi connectivity index (χ0) is 21.1. The first kappa shape index (κ1) is 20.4. The van der Waals surface area contributed by atoms with E-state index in [-0.39, 0.29) is 18.6 Å². The van der Waals surface area contributed by atoms with Crippen molar-refractivity contribution in [3.8, 4) is 0 Å². The Bertz CT molecular complexity index is 895. The number of carbonyl (C=O) groups excluding carboxylic acids is 2. The van der Waals surface area contributed by atoms with Crippen molar-refractivity contribution >= 4 is 23.3 Å². The Hall–Kier alpha value is -2.86. The summed E-state index contributed by atoms with van der Waals surface area (Å²) < 4.78 is 0. The fraction of sp³-hybridized carbons (Fsp3) is 0.417. The summed E-state index contributed by atoms with van der Waals surface area (Å²) in [6.45, 7) is 4.93. The minimum absolute atomic E-state index is 0.153. The molecular weight excluding hydrogens is 376 g/mol. The number of benzene rings is 2. The molecule has 2 fully saturated rings. The van der Waals surface area contributed by atoms with Crippen molar-refractivity contribution in [2.75, 3.05) is 36.6 Å². The molecule has 0 bridgehead atoms. The summed E-state index contributed by atoms with van der Waals surface area (Å²) in [6, 6.07) is 17.1. The van der Waals surface area contributed by atoms with Crippen LogP contribution in [0.1, 0.15) is 31.7 Å². The van der Waals surface area contributed by atoms with Crippen LogP contribution in [-0.2, 0) is 11.3 Å². The molecule has 2 aromatic carbocycles. The number of hydrogen-bond acceptors (Lipinski definition) is 4. The molecule has 6 heteroatoms. The lowest BCUT2D eigenvalue weighted by molar-refractivity contribution is -0.128. The number of imide groups is 1. The number of urea groups is 1. The zero-order valence-corrected chi connectivity index (χ0v) is 17.8. The summed E-state index contributed by atoms with van der Waals surface area (Å²) >= 11 is 0. The van der Waals surface area contributed by atoms with Crippen LogP contribution in [0.3, 0.4) is 0 Å². The molecule has 6 nitrogen and oxygen atoms in total. The molecular formula is C24H30N4O2. The zero-order valence-electron chi connectivity index (χ0n) is 17.8. The van der Waals surface area contributed by atoms with Crippen LogP contribution in [0, 0.1) is 0 Å². The maximum atomic E-state index is 13.0. The van der Waals surface area contributed by atoms with E-state index in [0.29, 0.717) is 6.54 Å². The Morgan fingerprint density at radius 1 is 0.933 bits per heavy atom. The minimum atomic E-state index is -0.492. The monoisotopic (exact) mass is 406 g/mol. The van der Waals surface area contributed by atoms with Crippen molar-refractivity contribution in [2.45, 2.75) is 38.8 Å². The second-order valence-electron chi connectivity index (χ2n) is 8.26. The molecule has 0 radical (unpaired) electrons. The van der Waals surface area contributed by atoms with Gasteiger partial charge in [0.05, 0.1) is 6.67 Å². The van der Waals surface area contributed by atoms with E-state index in [4.69, 9.17) is 0 Å².